The van der Waals surface area contributed by atoms with Gasteiger partial charge >= 0.3 is 0 Å². The summed E-state index contributed by atoms with van der Waals surface area (Å²) in [5.74, 6) is 0. The molecule has 0 aromatic heterocycles. The van der Waals surface area contributed by atoms with E-state index in [0.29, 0.717) is 0 Å². The number of hydrogen-bond donors (Lipinski definition) is 2. The number of para-hydroxylation sites is 1. The molecule has 2 heteroatoms. The Hall–Kier alpha value is -1.02. The van der Waals surface area contributed by atoms with Gasteiger partial charge in [0.25, 0.3) is 0 Å². The Labute approximate surface area is 110 Å². The zero-order valence-corrected chi connectivity index (χ0v) is 11.7. The van der Waals surface area contributed by atoms with Crippen molar-refractivity contribution in [2.45, 2.75) is 46.1 Å². The molecule has 2 nitrogen and oxygen atoms in total. The summed E-state index contributed by atoms with van der Waals surface area (Å²) in [6.45, 7) is 7.73. The number of nitrogens with one attached hydrogen (secondary N) is 1. The summed E-state index contributed by atoms with van der Waals surface area (Å²) < 4.78 is 0. The van der Waals surface area contributed by atoms with E-state index in [-0.39, 0.29) is 16.9 Å². The third kappa shape index (κ3) is 3.49. The van der Waals surface area contributed by atoms with Crippen molar-refractivity contribution in [3.8, 4) is 0 Å². The van der Waals surface area contributed by atoms with E-state index >= 15 is 0 Å². The van der Waals surface area contributed by atoms with Crippen LogP contribution >= 0.6 is 0 Å². The van der Waals surface area contributed by atoms with Crippen molar-refractivity contribution in [2.75, 3.05) is 11.9 Å². The molecule has 0 bridgehead atoms. The summed E-state index contributed by atoms with van der Waals surface area (Å²) in [6, 6.07) is 10.3. The van der Waals surface area contributed by atoms with E-state index < -0.39 is 0 Å². The quantitative estimate of drug-likeness (QED) is 0.854. The monoisotopic (exact) mass is 247 g/mol. The molecule has 0 saturated heterocycles. The Bertz CT molecular complexity index is 387. The zero-order chi connectivity index (χ0) is 13.2. The Balaban J connectivity index is 1.99. The molecule has 2 rings (SSSR count). The highest BCUT2D eigenvalue weighted by molar-refractivity contribution is 5.42. The van der Waals surface area contributed by atoms with E-state index in [1.54, 1.807) is 0 Å². The van der Waals surface area contributed by atoms with Gasteiger partial charge in [0.05, 0.1) is 6.10 Å². The predicted molar refractivity (Wildman–Crippen MR) is 76.7 cm³/mol. The Kier molecular flexibility index (Phi) is 3.67. The lowest BCUT2D eigenvalue weighted by atomic mass is 9.63. The van der Waals surface area contributed by atoms with Crippen LogP contribution < -0.4 is 5.32 Å². The molecule has 0 radical (unpaired) electrons. The maximum Gasteiger partial charge on any atom is 0.0551 e. The maximum absolute atomic E-state index is 10.0. The van der Waals surface area contributed by atoms with Crippen LogP contribution in [0.5, 0.6) is 0 Å². The number of benzene rings is 1. The van der Waals surface area contributed by atoms with Crippen LogP contribution in [0.4, 0.5) is 5.69 Å². The number of hydrogen-bond acceptors (Lipinski definition) is 2. The van der Waals surface area contributed by atoms with E-state index in [0.717, 1.165) is 31.5 Å². The minimum atomic E-state index is -0.156. The second-order valence-electron chi connectivity index (χ2n) is 6.93. The molecule has 0 amide bonds. The summed E-state index contributed by atoms with van der Waals surface area (Å²) in [7, 11) is 0. The molecular formula is C16H25NO. The standard InChI is InChI=1S/C16H25NO/c1-15(2)9-14(18)10-16(3,11-15)12-17-13-7-5-4-6-8-13/h4-8,14,17-18H,9-12H2,1-3H3/t14-,16-/m1/s1. The van der Waals surface area contributed by atoms with E-state index in [2.05, 4.69) is 38.2 Å². The first kappa shape index (κ1) is 13.4. The van der Waals surface area contributed by atoms with Crippen LogP contribution in [-0.4, -0.2) is 17.8 Å². The van der Waals surface area contributed by atoms with Gasteiger partial charge in [-0.25, -0.2) is 0 Å². The van der Waals surface area contributed by atoms with Gasteiger partial charge in [-0.2, -0.15) is 0 Å². The van der Waals surface area contributed by atoms with E-state index in [9.17, 15) is 5.11 Å². The molecular weight excluding hydrogens is 222 g/mol. The summed E-state index contributed by atoms with van der Waals surface area (Å²) >= 11 is 0. The lowest BCUT2D eigenvalue weighted by Gasteiger charge is -2.45. The summed E-state index contributed by atoms with van der Waals surface area (Å²) in [4.78, 5) is 0. The second-order valence-corrected chi connectivity index (χ2v) is 6.93. The van der Waals surface area contributed by atoms with Crippen molar-refractivity contribution in [3.05, 3.63) is 30.3 Å². The molecule has 0 spiro atoms. The number of aliphatic hydroxyl groups excluding tert-OH is 1. The number of rotatable bonds is 3. The molecule has 2 atom stereocenters. The molecule has 1 saturated carbocycles. The van der Waals surface area contributed by atoms with Crippen molar-refractivity contribution in [1.82, 2.24) is 0 Å². The summed E-state index contributed by atoms with van der Waals surface area (Å²) in [5, 5.41) is 13.6. The SMILES string of the molecule is CC1(C)C[C@@H](O)C[C@@](C)(CNc2ccccc2)C1. The first-order valence-corrected chi connectivity index (χ1v) is 6.86. The van der Waals surface area contributed by atoms with Crippen LogP contribution in [0.2, 0.25) is 0 Å². The fourth-order valence-electron chi connectivity index (χ4n) is 3.58. The molecule has 1 aliphatic carbocycles. The van der Waals surface area contributed by atoms with Crippen LogP contribution in [0.3, 0.4) is 0 Å². The molecule has 1 aromatic rings. The van der Waals surface area contributed by atoms with Crippen LogP contribution in [0.25, 0.3) is 0 Å². The van der Waals surface area contributed by atoms with Gasteiger partial charge in [-0.15, -0.1) is 0 Å². The van der Waals surface area contributed by atoms with Gasteiger partial charge in [0, 0.05) is 12.2 Å². The van der Waals surface area contributed by atoms with Crippen molar-refractivity contribution < 1.29 is 5.11 Å². The molecule has 1 fully saturated rings. The van der Waals surface area contributed by atoms with Crippen molar-refractivity contribution in [3.63, 3.8) is 0 Å². The Morgan fingerprint density at radius 3 is 2.44 bits per heavy atom. The summed E-state index contributed by atoms with van der Waals surface area (Å²) in [5.41, 5.74) is 1.58. The zero-order valence-electron chi connectivity index (χ0n) is 11.7. The van der Waals surface area contributed by atoms with Crippen LogP contribution in [0.1, 0.15) is 40.0 Å². The molecule has 1 aromatic carbocycles. The average Bonchev–Trinajstić information content (AvgIpc) is 2.24. The number of aliphatic hydroxyl groups is 1. The minimum Gasteiger partial charge on any atom is -0.393 e. The van der Waals surface area contributed by atoms with Gasteiger partial charge in [-0.3, -0.25) is 0 Å². The topological polar surface area (TPSA) is 32.3 Å². The molecule has 18 heavy (non-hydrogen) atoms. The Morgan fingerprint density at radius 1 is 1.17 bits per heavy atom. The first-order valence-electron chi connectivity index (χ1n) is 6.86. The molecule has 0 unspecified atom stereocenters. The van der Waals surface area contributed by atoms with Crippen molar-refractivity contribution in [1.29, 1.82) is 0 Å². The second kappa shape index (κ2) is 4.93. The van der Waals surface area contributed by atoms with E-state index in [4.69, 9.17) is 0 Å². The van der Waals surface area contributed by atoms with Gasteiger partial charge in [-0.1, -0.05) is 39.0 Å². The van der Waals surface area contributed by atoms with Crippen molar-refractivity contribution in [2.24, 2.45) is 10.8 Å². The summed E-state index contributed by atoms with van der Waals surface area (Å²) in [6.07, 6.45) is 2.83. The minimum absolute atomic E-state index is 0.156. The largest absolute Gasteiger partial charge is 0.393 e. The van der Waals surface area contributed by atoms with E-state index in [1.807, 2.05) is 18.2 Å². The number of anilines is 1. The molecule has 0 heterocycles. The highest BCUT2D eigenvalue weighted by Crippen LogP contribution is 2.46. The van der Waals surface area contributed by atoms with Crippen LogP contribution in [0, 0.1) is 10.8 Å². The predicted octanol–water partition coefficient (Wildman–Crippen LogP) is 3.68. The lowest BCUT2D eigenvalue weighted by molar-refractivity contribution is -0.00317. The van der Waals surface area contributed by atoms with E-state index in [1.165, 1.54) is 0 Å². The third-order valence-corrected chi connectivity index (χ3v) is 3.92. The fourth-order valence-corrected chi connectivity index (χ4v) is 3.58. The van der Waals surface area contributed by atoms with Crippen LogP contribution in [-0.2, 0) is 0 Å². The van der Waals surface area contributed by atoms with Gasteiger partial charge in [0.15, 0.2) is 0 Å². The average molecular weight is 247 g/mol. The Morgan fingerprint density at radius 2 is 1.83 bits per heavy atom. The fraction of sp³-hybridized carbons (Fsp3) is 0.625. The third-order valence-electron chi connectivity index (χ3n) is 3.92. The highest BCUT2D eigenvalue weighted by atomic mass is 16.3. The van der Waals surface area contributed by atoms with Gasteiger partial charge in [0.1, 0.15) is 0 Å². The normalized spacial score (nSPS) is 31.0. The molecule has 1 aliphatic rings. The molecule has 0 aliphatic heterocycles. The molecule has 100 valence electrons. The lowest BCUT2D eigenvalue weighted by Crippen LogP contribution is -2.42. The molecule has 2 N–H and O–H groups in total. The maximum atomic E-state index is 10.0. The smallest absolute Gasteiger partial charge is 0.0551 e. The highest BCUT2D eigenvalue weighted by Gasteiger charge is 2.40. The van der Waals surface area contributed by atoms with Crippen LogP contribution in [0.15, 0.2) is 30.3 Å². The first-order chi connectivity index (χ1) is 8.39. The van der Waals surface area contributed by atoms with Gasteiger partial charge < -0.3 is 10.4 Å². The van der Waals surface area contributed by atoms with Crippen molar-refractivity contribution >= 4 is 5.69 Å². The van der Waals surface area contributed by atoms with Gasteiger partial charge in [0.2, 0.25) is 0 Å². The van der Waals surface area contributed by atoms with Gasteiger partial charge in [-0.05, 0) is 42.2 Å².